The van der Waals surface area contributed by atoms with Gasteiger partial charge in [0.25, 0.3) is 0 Å². The number of ether oxygens (including phenoxy) is 1. The van der Waals surface area contributed by atoms with Crippen molar-refractivity contribution in [3.05, 3.63) is 53.1 Å². The van der Waals surface area contributed by atoms with Crippen molar-refractivity contribution >= 4 is 11.8 Å². The molecule has 0 aromatic heterocycles. The van der Waals surface area contributed by atoms with Gasteiger partial charge in [0.15, 0.2) is 17.4 Å². The first kappa shape index (κ1) is 14.8. The van der Waals surface area contributed by atoms with E-state index in [9.17, 15) is 8.78 Å². The van der Waals surface area contributed by atoms with Crippen LogP contribution in [-0.2, 0) is 0 Å². The van der Waals surface area contributed by atoms with E-state index >= 15 is 0 Å². The molecular formula is C15H8F2N2OS. The van der Waals surface area contributed by atoms with E-state index in [-0.39, 0.29) is 10.6 Å². The maximum atomic E-state index is 14.4. The predicted molar refractivity (Wildman–Crippen MR) is 74.1 cm³/mol. The van der Waals surface area contributed by atoms with Gasteiger partial charge in [0, 0.05) is 0 Å². The topological polar surface area (TPSA) is 56.8 Å². The summed E-state index contributed by atoms with van der Waals surface area (Å²) in [4.78, 5) is -0.146. The van der Waals surface area contributed by atoms with Crippen molar-refractivity contribution in [2.45, 2.75) is 4.90 Å². The van der Waals surface area contributed by atoms with Crippen LogP contribution in [-0.4, -0.2) is 6.26 Å². The molecule has 0 aliphatic rings. The summed E-state index contributed by atoms with van der Waals surface area (Å²) >= 11 is 0.904. The van der Waals surface area contributed by atoms with Gasteiger partial charge in [0.2, 0.25) is 0 Å². The van der Waals surface area contributed by atoms with E-state index < -0.39 is 22.8 Å². The molecule has 0 radical (unpaired) electrons. The second kappa shape index (κ2) is 6.25. The first-order valence-electron chi connectivity index (χ1n) is 5.76. The minimum atomic E-state index is -1.04. The minimum Gasteiger partial charge on any atom is -0.453 e. The van der Waals surface area contributed by atoms with Crippen LogP contribution in [0.1, 0.15) is 11.1 Å². The highest BCUT2D eigenvalue weighted by Crippen LogP contribution is 2.39. The molecule has 0 fully saturated rings. The van der Waals surface area contributed by atoms with Crippen molar-refractivity contribution in [1.29, 1.82) is 10.5 Å². The fourth-order valence-corrected chi connectivity index (χ4v) is 2.33. The first-order valence-corrected chi connectivity index (χ1v) is 6.98. The third kappa shape index (κ3) is 2.67. The van der Waals surface area contributed by atoms with E-state index in [4.69, 9.17) is 15.3 Å². The van der Waals surface area contributed by atoms with Crippen LogP contribution in [0.4, 0.5) is 8.78 Å². The average Bonchev–Trinajstić information content (AvgIpc) is 2.51. The lowest BCUT2D eigenvalue weighted by molar-refractivity contribution is 0.418. The third-order valence-corrected chi connectivity index (χ3v) is 3.46. The van der Waals surface area contributed by atoms with Crippen LogP contribution in [0.5, 0.6) is 11.5 Å². The number of benzene rings is 2. The number of nitrogens with zero attached hydrogens (tertiary/aromatic N) is 2. The third-order valence-electron chi connectivity index (χ3n) is 2.68. The van der Waals surface area contributed by atoms with Gasteiger partial charge in [0.1, 0.15) is 29.0 Å². The van der Waals surface area contributed by atoms with E-state index in [0.717, 1.165) is 11.8 Å². The summed E-state index contributed by atoms with van der Waals surface area (Å²) in [6.07, 6.45) is 1.53. The Morgan fingerprint density at radius 3 is 2.10 bits per heavy atom. The number of halogens is 2. The number of para-hydroxylation sites is 1. The summed E-state index contributed by atoms with van der Waals surface area (Å²) < 4.78 is 33.9. The standard InChI is InChI=1S/C15H8F2N2OS/c1-21-15-13(17)11(8-19)10(7-18)12(16)14(15)20-9-5-3-2-4-6-9/h2-6H,1H3. The Morgan fingerprint density at radius 1 is 1.00 bits per heavy atom. The molecule has 2 rings (SSSR count). The molecule has 21 heavy (non-hydrogen) atoms. The summed E-state index contributed by atoms with van der Waals surface area (Å²) in [7, 11) is 0. The monoisotopic (exact) mass is 302 g/mol. The second-order valence-electron chi connectivity index (χ2n) is 3.88. The summed E-state index contributed by atoms with van der Waals surface area (Å²) in [5.41, 5.74) is -1.27. The molecule has 0 atom stereocenters. The molecular weight excluding hydrogens is 294 g/mol. The van der Waals surface area contributed by atoms with Gasteiger partial charge >= 0.3 is 0 Å². The number of hydrogen-bond acceptors (Lipinski definition) is 4. The van der Waals surface area contributed by atoms with Gasteiger partial charge < -0.3 is 4.74 Å². The Kier molecular flexibility index (Phi) is 4.42. The molecule has 0 saturated heterocycles. The van der Waals surface area contributed by atoms with Crippen molar-refractivity contribution in [2.75, 3.05) is 6.26 Å². The predicted octanol–water partition coefficient (Wildman–Crippen LogP) is 4.22. The van der Waals surface area contributed by atoms with Crippen molar-refractivity contribution in [3.63, 3.8) is 0 Å². The van der Waals surface area contributed by atoms with Crippen LogP contribution in [0.2, 0.25) is 0 Å². The molecule has 6 heteroatoms. The van der Waals surface area contributed by atoms with Crippen molar-refractivity contribution < 1.29 is 13.5 Å². The highest BCUT2D eigenvalue weighted by molar-refractivity contribution is 7.98. The van der Waals surface area contributed by atoms with Crippen molar-refractivity contribution in [2.24, 2.45) is 0 Å². The lowest BCUT2D eigenvalue weighted by atomic mass is 10.1. The summed E-state index contributed by atoms with van der Waals surface area (Å²) in [6, 6.07) is 11.3. The van der Waals surface area contributed by atoms with Crippen LogP contribution in [0.3, 0.4) is 0 Å². The van der Waals surface area contributed by atoms with Gasteiger partial charge in [0.05, 0.1) is 4.90 Å². The molecule has 2 aromatic rings. The Balaban J connectivity index is 2.69. The zero-order valence-electron chi connectivity index (χ0n) is 10.9. The van der Waals surface area contributed by atoms with E-state index in [2.05, 4.69) is 0 Å². The van der Waals surface area contributed by atoms with Crippen LogP contribution in [0, 0.1) is 34.3 Å². The molecule has 0 saturated carbocycles. The van der Waals surface area contributed by atoms with Gasteiger partial charge in [-0.05, 0) is 18.4 Å². The molecule has 2 aromatic carbocycles. The van der Waals surface area contributed by atoms with Crippen LogP contribution in [0.25, 0.3) is 0 Å². The molecule has 0 N–H and O–H groups in total. The molecule has 104 valence electrons. The van der Waals surface area contributed by atoms with Gasteiger partial charge in [-0.3, -0.25) is 0 Å². The number of nitriles is 2. The zero-order valence-corrected chi connectivity index (χ0v) is 11.7. The van der Waals surface area contributed by atoms with Gasteiger partial charge in [-0.1, -0.05) is 18.2 Å². The van der Waals surface area contributed by atoms with E-state index in [0.29, 0.717) is 5.75 Å². The quantitative estimate of drug-likeness (QED) is 0.796. The number of thioether (sulfide) groups is 1. The first-order chi connectivity index (χ1) is 10.1. The fraction of sp³-hybridized carbons (Fsp3) is 0.0667. The largest absolute Gasteiger partial charge is 0.453 e. The SMILES string of the molecule is CSc1c(F)c(C#N)c(C#N)c(F)c1Oc1ccccc1. The molecule has 0 bridgehead atoms. The van der Waals surface area contributed by atoms with Crippen LogP contribution < -0.4 is 4.74 Å². The molecule has 0 aliphatic carbocycles. The average molecular weight is 302 g/mol. The number of rotatable bonds is 3. The van der Waals surface area contributed by atoms with Gasteiger partial charge in [-0.25, -0.2) is 8.78 Å². The van der Waals surface area contributed by atoms with Gasteiger partial charge in [-0.2, -0.15) is 10.5 Å². The maximum absolute atomic E-state index is 14.4. The molecule has 0 spiro atoms. The van der Waals surface area contributed by atoms with Crippen LogP contribution >= 0.6 is 11.8 Å². The highest BCUT2D eigenvalue weighted by atomic mass is 32.2. The van der Waals surface area contributed by atoms with E-state index in [1.54, 1.807) is 30.3 Å². The molecule has 0 heterocycles. The Bertz CT molecular complexity index is 760. The minimum absolute atomic E-state index is 0.146. The second-order valence-corrected chi connectivity index (χ2v) is 4.70. The fourth-order valence-electron chi connectivity index (χ4n) is 1.74. The molecule has 0 unspecified atom stereocenters. The molecule has 3 nitrogen and oxygen atoms in total. The zero-order chi connectivity index (χ0) is 15.4. The summed E-state index contributed by atoms with van der Waals surface area (Å²) in [5.74, 6) is -2.07. The normalized spacial score (nSPS) is 9.76. The Hall–Kier alpha value is -2.57. The highest BCUT2D eigenvalue weighted by Gasteiger charge is 2.26. The Labute approximate surface area is 124 Å². The van der Waals surface area contributed by atoms with E-state index in [1.165, 1.54) is 18.4 Å². The smallest absolute Gasteiger partial charge is 0.186 e. The Morgan fingerprint density at radius 2 is 1.57 bits per heavy atom. The maximum Gasteiger partial charge on any atom is 0.186 e. The van der Waals surface area contributed by atoms with Gasteiger partial charge in [-0.15, -0.1) is 11.8 Å². The van der Waals surface area contributed by atoms with Crippen LogP contribution in [0.15, 0.2) is 35.2 Å². The lowest BCUT2D eigenvalue weighted by Gasteiger charge is -2.13. The number of hydrogen-bond donors (Lipinski definition) is 0. The van der Waals surface area contributed by atoms with Crippen molar-refractivity contribution in [3.8, 4) is 23.6 Å². The summed E-state index contributed by atoms with van der Waals surface area (Å²) in [6.45, 7) is 0. The molecule has 0 amide bonds. The lowest BCUT2D eigenvalue weighted by Crippen LogP contribution is -2.02. The summed E-state index contributed by atoms with van der Waals surface area (Å²) in [5, 5.41) is 17.8. The molecule has 0 aliphatic heterocycles. The van der Waals surface area contributed by atoms with Crippen molar-refractivity contribution in [1.82, 2.24) is 0 Å². The van der Waals surface area contributed by atoms with E-state index in [1.807, 2.05) is 0 Å².